The molecule has 2 N–H and O–H groups in total. The van der Waals surface area contributed by atoms with E-state index in [-0.39, 0.29) is 5.60 Å². The van der Waals surface area contributed by atoms with Gasteiger partial charge in [0.1, 0.15) is 0 Å². The van der Waals surface area contributed by atoms with Crippen molar-refractivity contribution < 1.29 is 50.9 Å². The minimum Gasteiger partial charge on any atom is -0.475 e. The monoisotopic (exact) mass is 552 g/mol. The number of anilines is 1. The number of alkyl halides is 6. The van der Waals surface area contributed by atoms with Crippen LogP contribution >= 0.6 is 0 Å². The average molecular weight is 552 g/mol. The molecule has 0 amide bonds. The van der Waals surface area contributed by atoms with Crippen LogP contribution in [-0.4, -0.2) is 87.8 Å². The number of piperidine rings is 1. The maximum atomic E-state index is 10.6. The number of nitrogens with zero attached hydrogens (tertiary/aromatic N) is 4. The first-order valence-corrected chi connectivity index (χ1v) is 11.2. The zero-order valence-electron chi connectivity index (χ0n) is 20.0. The fourth-order valence-electron chi connectivity index (χ4n) is 3.91. The Labute approximate surface area is 213 Å². The number of carboxylic acid groups (broad SMARTS) is 2. The van der Waals surface area contributed by atoms with Gasteiger partial charge in [0.2, 0.25) is 0 Å². The second-order valence-electron chi connectivity index (χ2n) is 8.45. The maximum absolute atomic E-state index is 10.6. The third-order valence-corrected chi connectivity index (χ3v) is 5.49. The van der Waals surface area contributed by atoms with Crippen molar-refractivity contribution in [3.63, 3.8) is 0 Å². The number of morpholine rings is 1. The zero-order valence-corrected chi connectivity index (χ0v) is 20.0. The Morgan fingerprint density at radius 1 is 0.921 bits per heavy atom. The number of aliphatic carboxylic acids is 2. The van der Waals surface area contributed by atoms with E-state index in [9.17, 15) is 26.3 Å². The zero-order chi connectivity index (χ0) is 28.4. The van der Waals surface area contributed by atoms with E-state index in [0.29, 0.717) is 0 Å². The topological polar surface area (TPSA) is 116 Å². The lowest BCUT2D eigenvalue weighted by Gasteiger charge is -2.48. The molecule has 4 heterocycles. The summed E-state index contributed by atoms with van der Waals surface area (Å²) < 4.78 is 69.8. The van der Waals surface area contributed by atoms with Gasteiger partial charge in [0.15, 0.2) is 0 Å². The Hall–Kier alpha value is -3.46. The summed E-state index contributed by atoms with van der Waals surface area (Å²) in [7, 11) is 0. The lowest BCUT2D eigenvalue weighted by Crippen LogP contribution is -2.59. The second kappa shape index (κ2) is 13.4. The summed E-state index contributed by atoms with van der Waals surface area (Å²) in [6.45, 7) is 5.76. The van der Waals surface area contributed by atoms with E-state index in [2.05, 4.69) is 31.9 Å². The van der Waals surface area contributed by atoms with E-state index >= 15 is 0 Å². The number of hydrogen-bond donors (Lipinski definition) is 2. The van der Waals surface area contributed by atoms with Crippen LogP contribution in [0.15, 0.2) is 49.1 Å². The highest BCUT2D eigenvalue weighted by molar-refractivity contribution is 5.73. The molecule has 9 nitrogen and oxygen atoms in total. The fourth-order valence-corrected chi connectivity index (χ4v) is 3.91. The van der Waals surface area contributed by atoms with Crippen LogP contribution in [0.3, 0.4) is 0 Å². The van der Waals surface area contributed by atoms with Crippen molar-refractivity contribution in [2.24, 2.45) is 0 Å². The van der Waals surface area contributed by atoms with E-state index in [1.165, 1.54) is 11.3 Å². The summed E-state index contributed by atoms with van der Waals surface area (Å²) >= 11 is 0. The Bertz CT molecular complexity index is 998. The first-order valence-electron chi connectivity index (χ1n) is 11.2. The summed E-state index contributed by atoms with van der Waals surface area (Å²) in [6.07, 6.45) is -0.295. The molecule has 2 aliphatic rings. The molecular formula is C23H26F6N4O5. The Kier molecular flexibility index (Phi) is 10.8. The van der Waals surface area contributed by atoms with Crippen LogP contribution in [0.25, 0.3) is 0 Å². The molecule has 210 valence electrons. The minimum atomic E-state index is -5.08. The van der Waals surface area contributed by atoms with Gasteiger partial charge < -0.3 is 19.8 Å². The molecular weight excluding hydrogens is 526 g/mol. The van der Waals surface area contributed by atoms with Crippen molar-refractivity contribution in [3.8, 4) is 0 Å². The van der Waals surface area contributed by atoms with Gasteiger partial charge in [0, 0.05) is 51.3 Å². The summed E-state index contributed by atoms with van der Waals surface area (Å²) in [5.74, 6) is -5.51. The molecule has 2 aliphatic heterocycles. The molecule has 1 atom stereocenters. The molecule has 1 spiro atoms. The van der Waals surface area contributed by atoms with Crippen molar-refractivity contribution in [2.75, 3.05) is 37.7 Å². The van der Waals surface area contributed by atoms with Gasteiger partial charge in [-0.2, -0.15) is 26.3 Å². The molecule has 1 unspecified atom stereocenters. The standard InChI is InChI=1S/C19H24N4O.2C2HF3O2/c1-4-17(12-20-7-1)14-22-10-11-24-19(15-22)6-3-9-23(16-19)18-5-2-8-21-13-18;2*3-2(4,5)1(6)7/h1-2,4-5,7-8,12-13H,3,6,9-11,14-16H2;2*(H,6,7). The van der Waals surface area contributed by atoms with Gasteiger partial charge >= 0.3 is 24.3 Å². The summed E-state index contributed by atoms with van der Waals surface area (Å²) in [5, 5.41) is 14.2. The Morgan fingerprint density at radius 3 is 2.00 bits per heavy atom. The van der Waals surface area contributed by atoms with Gasteiger partial charge in [-0.3, -0.25) is 14.9 Å². The van der Waals surface area contributed by atoms with E-state index < -0.39 is 24.3 Å². The van der Waals surface area contributed by atoms with Gasteiger partial charge in [0.25, 0.3) is 0 Å². The van der Waals surface area contributed by atoms with Gasteiger partial charge in [-0.25, -0.2) is 9.59 Å². The van der Waals surface area contributed by atoms with Crippen molar-refractivity contribution in [3.05, 3.63) is 54.6 Å². The highest BCUT2D eigenvalue weighted by atomic mass is 19.4. The smallest absolute Gasteiger partial charge is 0.475 e. The number of aromatic nitrogens is 2. The van der Waals surface area contributed by atoms with E-state index in [4.69, 9.17) is 24.5 Å². The van der Waals surface area contributed by atoms with Gasteiger partial charge in [-0.15, -0.1) is 0 Å². The number of carboxylic acids is 2. The average Bonchev–Trinajstić information content (AvgIpc) is 2.85. The molecule has 0 saturated carbocycles. The maximum Gasteiger partial charge on any atom is 0.490 e. The van der Waals surface area contributed by atoms with Crippen molar-refractivity contribution in [1.29, 1.82) is 0 Å². The molecule has 2 aromatic rings. The highest BCUT2D eigenvalue weighted by Crippen LogP contribution is 2.31. The van der Waals surface area contributed by atoms with Crippen LogP contribution in [0.5, 0.6) is 0 Å². The van der Waals surface area contributed by atoms with Crippen LogP contribution < -0.4 is 4.90 Å². The number of rotatable bonds is 3. The third-order valence-electron chi connectivity index (χ3n) is 5.49. The number of halogens is 6. The number of carbonyl (C=O) groups is 2. The minimum absolute atomic E-state index is 0.0610. The quantitative estimate of drug-likeness (QED) is 0.551. The molecule has 2 fully saturated rings. The molecule has 0 radical (unpaired) electrons. The summed E-state index contributed by atoms with van der Waals surface area (Å²) in [5.41, 5.74) is 2.41. The van der Waals surface area contributed by atoms with E-state index in [1.807, 2.05) is 36.9 Å². The normalized spacial score (nSPS) is 20.0. The highest BCUT2D eigenvalue weighted by Gasteiger charge is 2.41. The summed E-state index contributed by atoms with van der Waals surface area (Å²) in [4.78, 5) is 31.2. The fraction of sp³-hybridized carbons (Fsp3) is 0.478. The molecule has 0 aliphatic carbocycles. The van der Waals surface area contributed by atoms with Crippen molar-refractivity contribution in [1.82, 2.24) is 14.9 Å². The molecule has 38 heavy (non-hydrogen) atoms. The largest absolute Gasteiger partial charge is 0.490 e. The first kappa shape index (κ1) is 30.8. The van der Waals surface area contributed by atoms with Gasteiger partial charge in [-0.05, 0) is 36.6 Å². The van der Waals surface area contributed by atoms with E-state index in [1.54, 1.807) is 0 Å². The van der Waals surface area contributed by atoms with Crippen LogP contribution in [0.4, 0.5) is 32.0 Å². The van der Waals surface area contributed by atoms with Crippen molar-refractivity contribution in [2.45, 2.75) is 37.3 Å². The molecule has 0 bridgehead atoms. The molecule has 2 aromatic heterocycles. The molecule has 15 heteroatoms. The predicted molar refractivity (Wildman–Crippen MR) is 121 cm³/mol. The first-order chi connectivity index (χ1) is 17.7. The van der Waals surface area contributed by atoms with Crippen LogP contribution in [0.1, 0.15) is 18.4 Å². The lowest BCUT2D eigenvalue weighted by molar-refractivity contribution is -0.193. The lowest BCUT2D eigenvalue weighted by atomic mass is 9.90. The third kappa shape index (κ3) is 10.1. The second-order valence-corrected chi connectivity index (χ2v) is 8.45. The molecule has 0 aromatic carbocycles. The van der Waals surface area contributed by atoms with Crippen molar-refractivity contribution >= 4 is 17.6 Å². The number of ether oxygens (including phenoxy) is 1. The SMILES string of the molecule is O=C(O)C(F)(F)F.O=C(O)C(F)(F)F.c1cncc(CN2CCOC3(CCCN(c4cccnc4)C3)C2)c1. The van der Waals surface area contributed by atoms with Gasteiger partial charge in [-0.1, -0.05) is 6.07 Å². The van der Waals surface area contributed by atoms with Crippen LogP contribution in [-0.2, 0) is 20.9 Å². The molecule has 4 rings (SSSR count). The number of pyridine rings is 2. The molecule has 2 saturated heterocycles. The van der Waals surface area contributed by atoms with Crippen LogP contribution in [0.2, 0.25) is 0 Å². The Morgan fingerprint density at radius 2 is 1.50 bits per heavy atom. The Balaban J connectivity index is 0.000000301. The van der Waals surface area contributed by atoms with Crippen LogP contribution in [0, 0.1) is 0 Å². The number of hydrogen-bond acceptors (Lipinski definition) is 7. The summed E-state index contributed by atoms with van der Waals surface area (Å²) in [6, 6.07) is 8.31. The van der Waals surface area contributed by atoms with E-state index in [0.717, 1.165) is 52.2 Å². The predicted octanol–water partition coefficient (Wildman–Crippen LogP) is 3.61. The van der Waals surface area contributed by atoms with Gasteiger partial charge in [0.05, 0.1) is 24.1 Å².